The van der Waals surface area contributed by atoms with Crippen molar-refractivity contribution in [3.63, 3.8) is 0 Å². The van der Waals surface area contributed by atoms with E-state index >= 15 is 0 Å². The van der Waals surface area contributed by atoms with Gasteiger partial charge in [0, 0.05) is 51.4 Å². The first kappa shape index (κ1) is 23.0. The maximum Gasteiger partial charge on any atom is 0.224 e. The topological polar surface area (TPSA) is 52.7 Å². The van der Waals surface area contributed by atoms with E-state index in [0.717, 1.165) is 16.9 Å². The van der Waals surface area contributed by atoms with Crippen LogP contribution in [0.15, 0.2) is 18.2 Å². The number of benzene rings is 1. The molecule has 1 rings (SSSR count). The molecule has 152 valence electrons. The lowest BCUT2D eigenvalue weighted by Crippen LogP contribution is -2.39. The van der Waals surface area contributed by atoms with Gasteiger partial charge >= 0.3 is 0 Å². The number of carbonyl (C=O) groups is 2. The first-order valence-corrected chi connectivity index (χ1v) is 9.69. The zero-order valence-electron chi connectivity index (χ0n) is 18.5. The molecule has 0 aliphatic carbocycles. The Morgan fingerprint density at radius 2 is 1.70 bits per heavy atom. The molecule has 1 atom stereocenters. The molecule has 0 saturated heterocycles. The van der Waals surface area contributed by atoms with Crippen LogP contribution in [0.25, 0.3) is 0 Å². The molecule has 0 radical (unpaired) electrons. The standard InChI is InChI=1S/C22H37N3O2/c1-15(2)16(3)25(17(4)26)14-18-12-19(10-11-20(18)24(8)9)23-21(27)13-22(5,6)7/h10-12,15-16H,13-14H2,1-9H3,(H,23,27)/t16-/m0/s1. The van der Waals surface area contributed by atoms with Crippen molar-refractivity contribution >= 4 is 23.2 Å². The van der Waals surface area contributed by atoms with Gasteiger partial charge in [-0.15, -0.1) is 0 Å². The minimum atomic E-state index is -0.0609. The van der Waals surface area contributed by atoms with E-state index in [0.29, 0.717) is 18.9 Å². The molecular formula is C22H37N3O2. The molecule has 5 heteroatoms. The van der Waals surface area contributed by atoms with Gasteiger partial charge in [-0.05, 0) is 42.0 Å². The molecular weight excluding hydrogens is 338 g/mol. The summed E-state index contributed by atoms with van der Waals surface area (Å²) >= 11 is 0. The zero-order chi connectivity index (χ0) is 20.9. The maximum atomic E-state index is 12.3. The van der Waals surface area contributed by atoms with Gasteiger partial charge in [0.25, 0.3) is 0 Å². The van der Waals surface area contributed by atoms with Crippen LogP contribution in [0.3, 0.4) is 0 Å². The Labute approximate surface area is 165 Å². The quantitative estimate of drug-likeness (QED) is 0.762. The van der Waals surface area contributed by atoms with Crippen LogP contribution < -0.4 is 10.2 Å². The summed E-state index contributed by atoms with van der Waals surface area (Å²) in [5, 5.41) is 3.00. The summed E-state index contributed by atoms with van der Waals surface area (Å²) in [6.07, 6.45) is 0.460. The molecule has 0 fully saturated rings. The van der Waals surface area contributed by atoms with Gasteiger partial charge in [0.1, 0.15) is 0 Å². The monoisotopic (exact) mass is 375 g/mol. The number of nitrogens with zero attached hydrogens (tertiary/aromatic N) is 2. The van der Waals surface area contributed by atoms with Crippen molar-refractivity contribution in [3.8, 4) is 0 Å². The van der Waals surface area contributed by atoms with Gasteiger partial charge in [0.2, 0.25) is 11.8 Å². The fourth-order valence-electron chi connectivity index (χ4n) is 3.00. The van der Waals surface area contributed by atoms with E-state index in [1.54, 1.807) is 6.92 Å². The first-order valence-electron chi connectivity index (χ1n) is 9.69. The third kappa shape index (κ3) is 7.24. The summed E-state index contributed by atoms with van der Waals surface area (Å²) < 4.78 is 0. The van der Waals surface area contributed by atoms with Gasteiger partial charge < -0.3 is 15.1 Å². The van der Waals surface area contributed by atoms with Crippen LogP contribution in [0, 0.1) is 11.3 Å². The number of carbonyl (C=O) groups excluding carboxylic acids is 2. The van der Waals surface area contributed by atoms with E-state index in [1.165, 1.54) is 0 Å². The SMILES string of the molecule is CC(=O)N(Cc1cc(NC(=O)CC(C)(C)C)ccc1N(C)C)[C@@H](C)C(C)C. The van der Waals surface area contributed by atoms with Gasteiger partial charge in [-0.25, -0.2) is 0 Å². The molecule has 0 heterocycles. The molecule has 0 aromatic heterocycles. The Bertz CT molecular complexity index is 660. The van der Waals surface area contributed by atoms with Crippen molar-refractivity contribution in [3.05, 3.63) is 23.8 Å². The molecule has 0 aliphatic rings. The van der Waals surface area contributed by atoms with Crippen LogP contribution in [-0.2, 0) is 16.1 Å². The van der Waals surface area contributed by atoms with E-state index in [2.05, 4.69) is 26.1 Å². The van der Waals surface area contributed by atoms with Gasteiger partial charge in [-0.3, -0.25) is 9.59 Å². The molecule has 1 aromatic carbocycles. The van der Waals surface area contributed by atoms with Crippen LogP contribution in [0.4, 0.5) is 11.4 Å². The summed E-state index contributed by atoms with van der Waals surface area (Å²) in [6.45, 7) is 14.6. The van der Waals surface area contributed by atoms with Crippen LogP contribution >= 0.6 is 0 Å². The number of anilines is 2. The average Bonchev–Trinajstić information content (AvgIpc) is 2.49. The van der Waals surface area contributed by atoms with E-state index in [1.807, 2.05) is 62.9 Å². The van der Waals surface area contributed by atoms with Crippen molar-refractivity contribution in [1.82, 2.24) is 4.90 Å². The Morgan fingerprint density at radius 1 is 1.11 bits per heavy atom. The summed E-state index contributed by atoms with van der Waals surface area (Å²) in [7, 11) is 3.97. The first-order chi connectivity index (χ1) is 12.3. The number of nitrogens with one attached hydrogen (secondary N) is 1. The van der Waals surface area contributed by atoms with Crippen molar-refractivity contribution in [1.29, 1.82) is 0 Å². The third-order valence-electron chi connectivity index (χ3n) is 4.74. The van der Waals surface area contributed by atoms with Gasteiger partial charge in [-0.2, -0.15) is 0 Å². The highest BCUT2D eigenvalue weighted by Crippen LogP contribution is 2.27. The van der Waals surface area contributed by atoms with Crippen molar-refractivity contribution in [2.24, 2.45) is 11.3 Å². The molecule has 1 aromatic rings. The van der Waals surface area contributed by atoms with Crippen molar-refractivity contribution in [2.75, 3.05) is 24.3 Å². The van der Waals surface area contributed by atoms with Crippen LogP contribution in [-0.4, -0.2) is 36.9 Å². The zero-order valence-corrected chi connectivity index (χ0v) is 18.5. The number of rotatable bonds is 7. The van der Waals surface area contributed by atoms with E-state index in [-0.39, 0.29) is 23.3 Å². The molecule has 0 spiro atoms. The maximum absolute atomic E-state index is 12.3. The second-order valence-corrected chi connectivity index (χ2v) is 9.16. The minimum absolute atomic E-state index is 0.00465. The Kier molecular flexibility index (Phi) is 7.88. The third-order valence-corrected chi connectivity index (χ3v) is 4.74. The molecule has 2 amide bonds. The predicted molar refractivity (Wildman–Crippen MR) is 114 cm³/mol. The number of hydrogen-bond acceptors (Lipinski definition) is 3. The molecule has 0 aliphatic heterocycles. The Morgan fingerprint density at radius 3 is 2.15 bits per heavy atom. The second kappa shape index (κ2) is 9.25. The highest BCUT2D eigenvalue weighted by molar-refractivity contribution is 5.91. The summed E-state index contributed by atoms with van der Waals surface area (Å²) in [6, 6.07) is 6.04. The predicted octanol–water partition coefficient (Wildman–Crippen LogP) is 4.52. The highest BCUT2D eigenvalue weighted by Gasteiger charge is 2.22. The molecule has 0 unspecified atom stereocenters. The normalized spacial score (nSPS) is 12.7. The van der Waals surface area contributed by atoms with Crippen molar-refractivity contribution < 1.29 is 9.59 Å². The minimum Gasteiger partial charge on any atom is -0.377 e. The largest absolute Gasteiger partial charge is 0.377 e. The Balaban J connectivity index is 3.15. The lowest BCUT2D eigenvalue weighted by Gasteiger charge is -2.32. The fraction of sp³-hybridized carbons (Fsp3) is 0.636. The summed E-state index contributed by atoms with van der Waals surface area (Å²) in [5.74, 6) is 0.430. The Hall–Kier alpha value is -2.04. The molecule has 0 bridgehead atoms. The van der Waals surface area contributed by atoms with E-state index in [9.17, 15) is 9.59 Å². The average molecular weight is 376 g/mol. The number of amides is 2. The molecule has 0 saturated carbocycles. The molecule has 27 heavy (non-hydrogen) atoms. The molecule has 5 nitrogen and oxygen atoms in total. The van der Waals surface area contributed by atoms with Gasteiger partial charge in [0.15, 0.2) is 0 Å². The summed E-state index contributed by atoms with van der Waals surface area (Å²) in [5.41, 5.74) is 2.78. The fourth-order valence-corrected chi connectivity index (χ4v) is 3.00. The number of hydrogen-bond donors (Lipinski definition) is 1. The van der Waals surface area contributed by atoms with E-state index in [4.69, 9.17) is 0 Å². The van der Waals surface area contributed by atoms with Gasteiger partial charge in [-0.1, -0.05) is 34.6 Å². The van der Waals surface area contributed by atoms with Gasteiger partial charge in [0.05, 0.1) is 0 Å². The highest BCUT2D eigenvalue weighted by atomic mass is 16.2. The summed E-state index contributed by atoms with van der Waals surface area (Å²) in [4.78, 5) is 28.5. The molecule has 1 N–H and O–H groups in total. The van der Waals surface area contributed by atoms with E-state index < -0.39 is 0 Å². The lowest BCUT2D eigenvalue weighted by atomic mass is 9.92. The second-order valence-electron chi connectivity index (χ2n) is 9.16. The van der Waals surface area contributed by atoms with Crippen molar-refractivity contribution in [2.45, 2.75) is 67.5 Å². The van der Waals surface area contributed by atoms with Crippen LogP contribution in [0.1, 0.15) is 60.5 Å². The van der Waals surface area contributed by atoms with Crippen LogP contribution in [0.5, 0.6) is 0 Å². The lowest BCUT2D eigenvalue weighted by molar-refractivity contribution is -0.132. The van der Waals surface area contributed by atoms with Crippen LogP contribution in [0.2, 0.25) is 0 Å². The smallest absolute Gasteiger partial charge is 0.224 e.